The van der Waals surface area contributed by atoms with E-state index >= 15 is 0 Å². The fourth-order valence-corrected chi connectivity index (χ4v) is 2.55. The minimum Gasteiger partial charge on any atom is -0.0995 e. The van der Waals surface area contributed by atoms with Crippen LogP contribution in [0.5, 0.6) is 0 Å². The van der Waals surface area contributed by atoms with Gasteiger partial charge in [-0.3, -0.25) is 0 Å². The summed E-state index contributed by atoms with van der Waals surface area (Å²) in [6.45, 7) is 13.2. The molecule has 0 N–H and O–H groups in total. The van der Waals surface area contributed by atoms with Gasteiger partial charge < -0.3 is 0 Å². The Morgan fingerprint density at radius 2 is 2.12 bits per heavy atom. The fraction of sp³-hybridized carbons (Fsp3) is 0.750. The largest absolute Gasteiger partial charge is 0.0995 e. The van der Waals surface area contributed by atoms with Gasteiger partial charge in [0.2, 0.25) is 0 Å². The topological polar surface area (TPSA) is 0 Å². The van der Waals surface area contributed by atoms with Crippen LogP contribution in [0.15, 0.2) is 23.8 Å². The molecule has 0 bridgehead atoms. The molecule has 0 heteroatoms. The molecule has 0 radical (unpaired) electrons. The van der Waals surface area contributed by atoms with Crippen molar-refractivity contribution in [2.45, 2.75) is 59.8 Å². The van der Waals surface area contributed by atoms with Crippen molar-refractivity contribution in [3.05, 3.63) is 23.8 Å². The first-order valence-corrected chi connectivity index (χ1v) is 6.90. The van der Waals surface area contributed by atoms with Gasteiger partial charge in [-0.1, -0.05) is 63.8 Å². The molecular formula is C16H28. The average Bonchev–Trinajstić information content (AvgIpc) is 2.18. The second-order valence-corrected chi connectivity index (χ2v) is 5.76. The van der Waals surface area contributed by atoms with Crippen molar-refractivity contribution >= 4 is 0 Å². The zero-order valence-electron chi connectivity index (χ0n) is 11.6. The molecule has 0 amide bonds. The maximum atomic E-state index is 4.04. The molecule has 1 aliphatic carbocycles. The summed E-state index contributed by atoms with van der Waals surface area (Å²) in [5.41, 5.74) is 2.93. The lowest BCUT2D eigenvalue weighted by Gasteiger charge is -2.31. The smallest absolute Gasteiger partial charge is 0.00266 e. The quantitative estimate of drug-likeness (QED) is 0.507. The zero-order chi connectivity index (χ0) is 12.1. The van der Waals surface area contributed by atoms with Crippen LogP contribution < -0.4 is 0 Å². The van der Waals surface area contributed by atoms with Crippen molar-refractivity contribution in [2.24, 2.45) is 17.8 Å². The van der Waals surface area contributed by atoms with Gasteiger partial charge in [-0.2, -0.15) is 0 Å². The van der Waals surface area contributed by atoms with Crippen LogP contribution in [0.2, 0.25) is 0 Å². The molecule has 0 heterocycles. The van der Waals surface area contributed by atoms with Crippen LogP contribution in [-0.2, 0) is 0 Å². The molecular weight excluding hydrogens is 192 g/mol. The van der Waals surface area contributed by atoms with Gasteiger partial charge in [0.05, 0.1) is 0 Å². The monoisotopic (exact) mass is 220 g/mol. The van der Waals surface area contributed by atoms with Gasteiger partial charge in [0.1, 0.15) is 0 Å². The Hall–Kier alpha value is -0.520. The fourth-order valence-electron chi connectivity index (χ4n) is 2.55. The second kappa shape index (κ2) is 6.27. The molecule has 0 aromatic heterocycles. The average molecular weight is 220 g/mol. The van der Waals surface area contributed by atoms with E-state index in [-0.39, 0.29) is 0 Å². The highest BCUT2D eigenvalue weighted by Crippen LogP contribution is 2.38. The maximum Gasteiger partial charge on any atom is -0.00266 e. The Morgan fingerprint density at radius 3 is 2.62 bits per heavy atom. The van der Waals surface area contributed by atoms with E-state index in [1.54, 1.807) is 5.57 Å². The molecule has 1 aliphatic rings. The molecule has 3 atom stereocenters. The van der Waals surface area contributed by atoms with E-state index in [0.29, 0.717) is 5.92 Å². The van der Waals surface area contributed by atoms with E-state index in [4.69, 9.17) is 0 Å². The number of allylic oxidation sites excluding steroid dienone is 3. The molecule has 0 spiro atoms. The molecule has 0 aliphatic heterocycles. The third-order valence-electron chi connectivity index (χ3n) is 4.00. The van der Waals surface area contributed by atoms with Gasteiger partial charge in [-0.15, -0.1) is 0 Å². The first kappa shape index (κ1) is 13.5. The Kier molecular flexibility index (Phi) is 5.31. The lowest BCUT2D eigenvalue weighted by molar-refractivity contribution is 0.378. The Bertz CT molecular complexity index is 259. The van der Waals surface area contributed by atoms with Crippen LogP contribution in [-0.4, -0.2) is 0 Å². The van der Waals surface area contributed by atoms with Crippen LogP contribution in [0, 0.1) is 17.8 Å². The van der Waals surface area contributed by atoms with Gasteiger partial charge in [-0.05, 0) is 37.5 Å². The highest BCUT2D eigenvalue weighted by Gasteiger charge is 2.24. The second-order valence-electron chi connectivity index (χ2n) is 5.76. The SMILES string of the molecule is C=C(C)C(C)C1=CC(CC(C)CCCC)C1. The molecule has 1 rings (SSSR count). The molecule has 92 valence electrons. The number of hydrogen-bond acceptors (Lipinski definition) is 0. The van der Waals surface area contributed by atoms with Crippen LogP contribution in [0.4, 0.5) is 0 Å². The standard InChI is InChI=1S/C16H28/c1-6-7-8-13(4)9-15-10-16(11-15)14(5)12(2)3/h10,13-15H,2,6-9,11H2,1,3-5H3. The van der Waals surface area contributed by atoms with E-state index in [0.717, 1.165) is 11.8 Å². The molecule has 3 unspecified atom stereocenters. The van der Waals surface area contributed by atoms with Crippen LogP contribution in [0.1, 0.15) is 59.8 Å². The van der Waals surface area contributed by atoms with Gasteiger partial charge >= 0.3 is 0 Å². The van der Waals surface area contributed by atoms with E-state index in [1.807, 2.05) is 0 Å². The molecule has 16 heavy (non-hydrogen) atoms. The summed E-state index contributed by atoms with van der Waals surface area (Å²) in [6, 6.07) is 0. The summed E-state index contributed by atoms with van der Waals surface area (Å²) >= 11 is 0. The number of rotatable bonds is 7. The predicted molar refractivity (Wildman–Crippen MR) is 73.5 cm³/mol. The van der Waals surface area contributed by atoms with Crippen molar-refractivity contribution < 1.29 is 0 Å². The van der Waals surface area contributed by atoms with Gasteiger partial charge in [0.15, 0.2) is 0 Å². The Balaban J connectivity index is 2.27. The predicted octanol–water partition coefficient (Wildman–Crippen LogP) is 5.36. The molecule has 0 aromatic carbocycles. The third kappa shape index (κ3) is 3.81. The Labute approximate surface area is 102 Å². The van der Waals surface area contributed by atoms with Gasteiger partial charge in [0.25, 0.3) is 0 Å². The minimum atomic E-state index is 0.613. The van der Waals surface area contributed by atoms with Crippen LogP contribution in [0.25, 0.3) is 0 Å². The van der Waals surface area contributed by atoms with E-state index in [1.165, 1.54) is 37.7 Å². The molecule has 0 saturated carbocycles. The minimum absolute atomic E-state index is 0.613. The van der Waals surface area contributed by atoms with E-state index < -0.39 is 0 Å². The molecule has 0 saturated heterocycles. The van der Waals surface area contributed by atoms with Crippen LogP contribution >= 0.6 is 0 Å². The summed E-state index contributed by atoms with van der Waals surface area (Å²) in [4.78, 5) is 0. The highest BCUT2D eigenvalue weighted by atomic mass is 14.3. The van der Waals surface area contributed by atoms with E-state index in [9.17, 15) is 0 Å². The van der Waals surface area contributed by atoms with Crippen molar-refractivity contribution in [2.75, 3.05) is 0 Å². The van der Waals surface area contributed by atoms with Crippen LogP contribution in [0.3, 0.4) is 0 Å². The molecule has 0 nitrogen and oxygen atoms in total. The maximum absolute atomic E-state index is 4.04. The van der Waals surface area contributed by atoms with Crippen molar-refractivity contribution in [3.8, 4) is 0 Å². The van der Waals surface area contributed by atoms with Gasteiger partial charge in [0, 0.05) is 0 Å². The molecule has 0 fully saturated rings. The summed E-state index contributed by atoms with van der Waals surface area (Å²) in [5.74, 6) is 2.38. The summed E-state index contributed by atoms with van der Waals surface area (Å²) in [6.07, 6.45) is 9.36. The number of hydrogen-bond donors (Lipinski definition) is 0. The highest BCUT2D eigenvalue weighted by molar-refractivity contribution is 5.25. The normalized spacial score (nSPS) is 23.2. The van der Waals surface area contributed by atoms with Crippen molar-refractivity contribution in [1.29, 1.82) is 0 Å². The van der Waals surface area contributed by atoms with Gasteiger partial charge in [-0.25, -0.2) is 0 Å². The summed E-state index contributed by atoms with van der Waals surface area (Å²) in [5, 5.41) is 0. The molecule has 0 aromatic rings. The lowest BCUT2D eigenvalue weighted by atomic mass is 9.74. The summed E-state index contributed by atoms with van der Waals surface area (Å²) in [7, 11) is 0. The first-order chi connectivity index (χ1) is 7.54. The lowest BCUT2D eigenvalue weighted by Crippen LogP contribution is -2.18. The van der Waals surface area contributed by atoms with E-state index in [2.05, 4.69) is 40.3 Å². The first-order valence-electron chi connectivity index (χ1n) is 6.90. The van der Waals surface area contributed by atoms with Crippen molar-refractivity contribution in [1.82, 2.24) is 0 Å². The number of unbranched alkanes of at least 4 members (excludes halogenated alkanes) is 1. The Morgan fingerprint density at radius 1 is 1.50 bits per heavy atom. The summed E-state index contributed by atoms with van der Waals surface area (Å²) < 4.78 is 0. The third-order valence-corrected chi connectivity index (χ3v) is 4.00. The zero-order valence-corrected chi connectivity index (χ0v) is 11.6. The van der Waals surface area contributed by atoms with Crippen molar-refractivity contribution in [3.63, 3.8) is 0 Å².